The van der Waals surface area contributed by atoms with Gasteiger partial charge in [0, 0.05) is 30.8 Å². The average Bonchev–Trinajstić information content (AvgIpc) is 3.29. The van der Waals surface area contributed by atoms with E-state index in [1.807, 2.05) is 45.0 Å². The number of amides is 1. The van der Waals surface area contributed by atoms with Crippen molar-refractivity contribution in [3.63, 3.8) is 0 Å². The van der Waals surface area contributed by atoms with Crippen molar-refractivity contribution < 1.29 is 28.6 Å². The van der Waals surface area contributed by atoms with Gasteiger partial charge >= 0.3 is 6.09 Å². The van der Waals surface area contributed by atoms with Gasteiger partial charge in [-0.3, -0.25) is 4.90 Å². The first-order valence-corrected chi connectivity index (χ1v) is 13.4. The quantitative estimate of drug-likeness (QED) is 0.322. The second-order valence-corrected chi connectivity index (χ2v) is 9.62. The Labute approximate surface area is 234 Å². The number of aliphatic hydroxyl groups is 1. The molecule has 1 aliphatic rings. The number of aryl methyl sites for hydroxylation is 2. The number of benzene rings is 1. The zero-order chi connectivity index (χ0) is 28.6. The van der Waals surface area contributed by atoms with Gasteiger partial charge in [-0.2, -0.15) is 0 Å². The molecule has 1 aliphatic heterocycles. The highest BCUT2D eigenvalue weighted by Gasteiger charge is 2.29. The van der Waals surface area contributed by atoms with E-state index in [9.17, 15) is 9.90 Å². The van der Waals surface area contributed by atoms with E-state index in [-0.39, 0.29) is 18.7 Å². The van der Waals surface area contributed by atoms with Crippen LogP contribution in [0.1, 0.15) is 23.9 Å². The number of ether oxygens (including phenoxy) is 3. The molecule has 0 radical (unpaired) electrons. The number of aliphatic hydroxyl groups excluding tert-OH is 1. The molecule has 3 heterocycles. The SMILES string of the molecule is CCOC(=O)N1CCOC[C@@H]1CNc1nc(-c2cccc(OC[C@@H](O)CNC)c2)nc(-c2c(C)noc2C)c1C. The topological polar surface area (TPSA) is 144 Å². The van der Waals surface area contributed by atoms with Gasteiger partial charge in [-0.05, 0) is 46.9 Å². The van der Waals surface area contributed by atoms with Crippen LogP contribution >= 0.6 is 0 Å². The van der Waals surface area contributed by atoms with Crippen LogP contribution in [0.4, 0.5) is 10.6 Å². The normalized spacial score (nSPS) is 16.1. The lowest BCUT2D eigenvalue weighted by Crippen LogP contribution is -2.52. The van der Waals surface area contributed by atoms with Crippen molar-refractivity contribution >= 4 is 11.9 Å². The number of aromatic nitrogens is 3. The van der Waals surface area contributed by atoms with Gasteiger partial charge in [0.1, 0.15) is 30.0 Å². The number of carbonyl (C=O) groups is 1. The minimum Gasteiger partial charge on any atom is -0.491 e. The van der Waals surface area contributed by atoms with E-state index in [2.05, 4.69) is 15.8 Å². The molecule has 40 heavy (non-hydrogen) atoms. The molecule has 0 spiro atoms. The summed E-state index contributed by atoms with van der Waals surface area (Å²) in [5.41, 5.74) is 3.79. The van der Waals surface area contributed by atoms with E-state index in [0.29, 0.717) is 68.3 Å². The Hall–Kier alpha value is -3.74. The van der Waals surface area contributed by atoms with Crippen molar-refractivity contribution in [1.82, 2.24) is 25.3 Å². The number of nitrogens with one attached hydrogen (secondary N) is 2. The summed E-state index contributed by atoms with van der Waals surface area (Å²) in [4.78, 5) is 24.0. The summed E-state index contributed by atoms with van der Waals surface area (Å²) in [6, 6.07) is 7.20. The molecule has 1 saturated heterocycles. The van der Waals surface area contributed by atoms with Crippen molar-refractivity contribution in [3.05, 3.63) is 41.3 Å². The van der Waals surface area contributed by atoms with Gasteiger partial charge in [-0.25, -0.2) is 14.8 Å². The van der Waals surface area contributed by atoms with Crippen molar-refractivity contribution in [2.24, 2.45) is 0 Å². The monoisotopic (exact) mass is 554 g/mol. The van der Waals surface area contributed by atoms with Crippen LogP contribution in [0.25, 0.3) is 22.6 Å². The van der Waals surface area contributed by atoms with Crippen LogP contribution in [0, 0.1) is 20.8 Å². The van der Waals surface area contributed by atoms with Crippen molar-refractivity contribution in [3.8, 4) is 28.4 Å². The molecule has 2 aromatic heterocycles. The third-order valence-corrected chi connectivity index (χ3v) is 6.63. The van der Waals surface area contributed by atoms with Crippen molar-refractivity contribution in [1.29, 1.82) is 0 Å². The Balaban J connectivity index is 1.66. The molecule has 3 aromatic rings. The largest absolute Gasteiger partial charge is 0.491 e. The van der Waals surface area contributed by atoms with E-state index < -0.39 is 6.10 Å². The Kier molecular flexibility index (Phi) is 9.91. The molecule has 1 aromatic carbocycles. The average molecular weight is 555 g/mol. The molecule has 1 fully saturated rings. The maximum atomic E-state index is 12.5. The van der Waals surface area contributed by atoms with Crippen LogP contribution in [0.2, 0.25) is 0 Å². The summed E-state index contributed by atoms with van der Waals surface area (Å²) >= 11 is 0. The van der Waals surface area contributed by atoms with Crippen LogP contribution in [0.3, 0.4) is 0 Å². The highest BCUT2D eigenvalue weighted by atomic mass is 16.6. The summed E-state index contributed by atoms with van der Waals surface area (Å²) in [6.45, 7) is 10.1. The van der Waals surface area contributed by atoms with Crippen LogP contribution in [-0.2, 0) is 9.47 Å². The standard InChI is InChI=1S/C28H38N6O6/c1-6-38-28(36)34-10-11-37-15-21(34)13-30-26-17(2)25(24-18(3)33-40-19(24)4)31-27(32-26)20-8-7-9-23(12-20)39-16-22(35)14-29-5/h7-9,12,21-22,29,35H,6,10-11,13-16H2,1-5H3,(H,30,31,32)/t21-,22-/m0/s1. The predicted molar refractivity (Wildman–Crippen MR) is 149 cm³/mol. The summed E-state index contributed by atoms with van der Waals surface area (Å²) in [6.07, 6.45) is -0.991. The fourth-order valence-corrected chi connectivity index (χ4v) is 4.58. The highest BCUT2D eigenvalue weighted by Crippen LogP contribution is 2.33. The summed E-state index contributed by atoms with van der Waals surface area (Å²) < 4.78 is 22.2. The molecule has 12 heteroatoms. The zero-order valence-electron chi connectivity index (χ0n) is 23.7. The predicted octanol–water partition coefficient (Wildman–Crippen LogP) is 2.95. The minimum absolute atomic E-state index is 0.149. The van der Waals surface area contributed by atoms with Crippen molar-refractivity contribution in [2.75, 3.05) is 58.4 Å². The lowest BCUT2D eigenvalue weighted by Gasteiger charge is -2.35. The van der Waals surface area contributed by atoms with Gasteiger partial charge in [0.15, 0.2) is 5.82 Å². The molecule has 216 valence electrons. The fourth-order valence-electron chi connectivity index (χ4n) is 4.58. The maximum absolute atomic E-state index is 12.5. The Morgan fingerprint density at radius 3 is 2.83 bits per heavy atom. The molecule has 0 aliphatic carbocycles. The molecule has 1 amide bonds. The first-order valence-electron chi connectivity index (χ1n) is 13.4. The minimum atomic E-state index is -0.635. The molecule has 0 bridgehead atoms. The van der Waals surface area contributed by atoms with Gasteiger partial charge in [-0.15, -0.1) is 0 Å². The number of hydrogen-bond donors (Lipinski definition) is 3. The van der Waals surface area contributed by atoms with E-state index in [1.54, 1.807) is 18.9 Å². The number of likely N-dealkylation sites (N-methyl/N-ethyl adjacent to an activating group) is 1. The number of rotatable bonds is 11. The molecule has 0 unspecified atom stereocenters. The second-order valence-electron chi connectivity index (χ2n) is 9.62. The first kappa shape index (κ1) is 29.2. The van der Waals surface area contributed by atoms with Gasteiger partial charge in [0.2, 0.25) is 0 Å². The van der Waals surface area contributed by atoms with E-state index >= 15 is 0 Å². The van der Waals surface area contributed by atoms with Crippen molar-refractivity contribution in [2.45, 2.75) is 39.8 Å². The fraction of sp³-hybridized carbons (Fsp3) is 0.500. The third-order valence-electron chi connectivity index (χ3n) is 6.63. The Morgan fingerprint density at radius 2 is 2.10 bits per heavy atom. The highest BCUT2D eigenvalue weighted by molar-refractivity contribution is 5.74. The summed E-state index contributed by atoms with van der Waals surface area (Å²) in [5, 5.41) is 20.5. The number of anilines is 1. The van der Waals surface area contributed by atoms with Gasteiger partial charge in [0.05, 0.1) is 42.8 Å². The molecule has 2 atom stereocenters. The molecule has 4 rings (SSSR count). The van der Waals surface area contributed by atoms with E-state index in [1.165, 1.54) is 0 Å². The molecular weight excluding hydrogens is 516 g/mol. The molecule has 12 nitrogen and oxygen atoms in total. The van der Waals surface area contributed by atoms with Crippen LogP contribution in [0.15, 0.2) is 28.8 Å². The summed E-state index contributed by atoms with van der Waals surface area (Å²) in [7, 11) is 1.77. The number of carbonyl (C=O) groups excluding carboxylic acids is 1. The Bertz CT molecular complexity index is 1280. The van der Waals surface area contributed by atoms with Crippen LogP contribution < -0.4 is 15.4 Å². The number of morpholine rings is 1. The van der Waals surface area contributed by atoms with E-state index in [0.717, 1.165) is 22.4 Å². The lowest BCUT2D eigenvalue weighted by molar-refractivity contribution is -0.00379. The van der Waals surface area contributed by atoms with Gasteiger partial charge in [0.25, 0.3) is 0 Å². The van der Waals surface area contributed by atoms with Gasteiger partial charge < -0.3 is 34.5 Å². The molecule has 0 saturated carbocycles. The molecule has 3 N–H and O–H groups in total. The summed E-state index contributed by atoms with van der Waals surface area (Å²) in [5.74, 6) is 2.34. The number of hydrogen-bond acceptors (Lipinski definition) is 11. The maximum Gasteiger partial charge on any atom is 0.410 e. The first-order chi connectivity index (χ1) is 19.3. The lowest BCUT2D eigenvalue weighted by atomic mass is 10.0. The third kappa shape index (κ3) is 6.87. The Morgan fingerprint density at radius 1 is 1.27 bits per heavy atom. The smallest absolute Gasteiger partial charge is 0.410 e. The van der Waals surface area contributed by atoms with E-state index in [4.69, 9.17) is 28.7 Å². The number of nitrogens with zero attached hydrogens (tertiary/aromatic N) is 4. The van der Waals surface area contributed by atoms with Crippen LogP contribution in [0.5, 0.6) is 5.75 Å². The molecular formula is C28H38N6O6. The zero-order valence-corrected chi connectivity index (χ0v) is 23.7. The van der Waals surface area contributed by atoms with Crippen LogP contribution in [-0.4, -0.2) is 96.5 Å². The second kappa shape index (κ2) is 13.6. The van der Waals surface area contributed by atoms with Gasteiger partial charge in [-0.1, -0.05) is 17.3 Å².